The molecular formula is C13H25N3O2. The minimum atomic E-state index is 0.252. The summed E-state index contributed by atoms with van der Waals surface area (Å²) in [7, 11) is 3.58. The predicted octanol–water partition coefficient (Wildman–Crippen LogP) is 1.24. The fourth-order valence-corrected chi connectivity index (χ4v) is 2.10. The number of nitrogens with one attached hydrogen (secondary N) is 1. The number of hydrogen-bond acceptors (Lipinski definition) is 4. The van der Waals surface area contributed by atoms with Crippen molar-refractivity contribution in [3.8, 4) is 5.88 Å². The lowest BCUT2D eigenvalue weighted by Crippen LogP contribution is -2.26. The minimum absolute atomic E-state index is 0.252. The van der Waals surface area contributed by atoms with Crippen LogP contribution in [0.4, 0.5) is 0 Å². The van der Waals surface area contributed by atoms with Crippen LogP contribution in [-0.4, -0.2) is 34.6 Å². The van der Waals surface area contributed by atoms with Gasteiger partial charge in [-0.1, -0.05) is 6.92 Å². The quantitative estimate of drug-likeness (QED) is 0.734. The van der Waals surface area contributed by atoms with Crippen molar-refractivity contribution in [1.82, 2.24) is 15.1 Å². The Balaban J connectivity index is 2.65. The summed E-state index contributed by atoms with van der Waals surface area (Å²) < 4.78 is 7.18. The van der Waals surface area contributed by atoms with Gasteiger partial charge in [0.25, 0.3) is 0 Å². The Bertz CT molecular complexity index is 363. The number of aromatic nitrogens is 2. The molecule has 1 atom stereocenters. The summed E-state index contributed by atoms with van der Waals surface area (Å²) in [5.74, 6) is 0.828. The van der Waals surface area contributed by atoms with Crippen molar-refractivity contribution in [1.29, 1.82) is 0 Å². The number of aryl methyl sites for hydroxylation is 2. The maximum Gasteiger partial charge on any atom is 0.216 e. The molecule has 0 spiro atoms. The molecule has 0 bridgehead atoms. The average molecular weight is 255 g/mol. The van der Waals surface area contributed by atoms with Crippen LogP contribution in [0.1, 0.15) is 37.9 Å². The highest BCUT2D eigenvalue weighted by Gasteiger charge is 2.15. The van der Waals surface area contributed by atoms with E-state index in [2.05, 4.69) is 24.3 Å². The van der Waals surface area contributed by atoms with E-state index in [-0.39, 0.29) is 6.61 Å². The molecule has 104 valence electrons. The van der Waals surface area contributed by atoms with Gasteiger partial charge in [-0.25, -0.2) is 4.68 Å². The maximum absolute atomic E-state index is 8.81. The summed E-state index contributed by atoms with van der Waals surface area (Å²) in [5.41, 5.74) is 2.22. The Morgan fingerprint density at radius 2 is 2.22 bits per heavy atom. The maximum atomic E-state index is 8.81. The minimum Gasteiger partial charge on any atom is -0.481 e. The van der Waals surface area contributed by atoms with Gasteiger partial charge in [0, 0.05) is 26.2 Å². The SMILES string of the molecule is CCc1nn(C)c(OC)c1CNC(C)CCCO. The van der Waals surface area contributed by atoms with Crippen LogP contribution in [0, 0.1) is 0 Å². The number of rotatable bonds is 8. The van der Waals surface area contributed by atoms with E-state index in [0.29, 0.717) is 6.04 Å². The summed E-state index contributed by atoms with van der Waals surface area (Å²) in [6.07, 6.45) is 2.71. The van der Waals surface area contributed by atoms with E-state index in [1.54, 1.807) is 11.8 Å². The topological polar surface area (TPSA) is 59.3 Å². The normalized spacial score (nSPS) is 12.7. The van der Waals surface area contributed by atoms with E-state index >= 15 is 0 Å². The van der Waals surface area contributed by atoms with Gasteiger partial charge >= 0.3 is 0 Å². The zero-order valence-electron chi connectivity index (χ0n) is 11.9. The summed E-state index contributed by atoms with van der Waals surface area (Å²) in [6, 6.07) is 0.381. The van der Waals surface area contributed by atoms with Crippen LogP contribution >= 0.6 is 0 Å². The summed E-state index contributed by atoms with van der Waals surface area (Å²) in [4.78, 5) is 0. The molecule has 5 heteroatoms. The smallest absolute Gasteiger partial charge is 0.216 e. The molecule has 18 heavy (non-hydrogen) atoms. The molecule has 0 saturated heterocycles. The molecule has 1 aromatic heterocycles. The van der Waals surface area contributed by atoms with Crippen LogP contribution in [0.25, 0.3) is 0 Å². The van der Waals surface area contributed by atoms with Crippen LogP contribution in [0.5, 0.6) is 5.88 Å². The summed E-state index contributed by atoms with van der Waals surface area (Å²) >= 11 is 0. The van der Waals surface area contributed by atoms with Gasteiger partial charge in [0.2, 0.25) is 5.88 Å². The van der Waals surface area contributed by atoms with E-state index in [0.717, 1.165) is 42.9 Å². The van der Waals surface area contributed by atoms with E-state index in [1.165, 1.54) is 0 Å². The highest BCUT2D eigenvalue weighted by molar-refractivity contribution is 5.31. The molecule has 1 rings (SSSR count). The number of methoxy groups -OCH3 is 1. The van der Waals surface area contributed by atoms with Crippen molar-refractivity contribution in [2.45, 2.75) is 45.7 Å². The molecule has 5 nitrogen and oxygen atoms in total. The standard InChI is InChI=1S/C13H25N3O2/c1-5-12-11(13(18-4)16(3)15-12)9-14-10(2)7-6-8-17/h10,14,17H,5-9H2,1-4H3. The Morgan fingerprint density at radius 3 is 2.78 bits per heavy atom. The summed E-state index contributed by atoms with van der Waals surface area (Å²) in [6.45, 7) is 5.24. The molecule has 0 saturated carbocycles. The zero-order valence-corrected chi connectivity index (χ0v) is 11.9. The second-order valence-corrected chi connectivity index (χ2v) is 4.56. The van der Waals surface area contributed by atoms with E-state index in [9.17, 15) is 0 Å². The highest BCUT2D eigenvalue weighted by Crippen LogP contribution is 2.21. The van der Waals surface area contributed by atoms with Crippen LogP contribution in [0.3, 0.4) is 0 Å². The molecule has 1 heterocycles. The van der Waals surface area contributed by atoms with Gasteiger partial charge in [0.1, 0.15) is 0 Å². The van der Waals surface area contributed by atoms with Gasteiger partial charge in [0.15, 0.2) is 0 Å². The van der Waals surface area contributed by atoms with Crippen molar-refractivity contribution >= 4 is 0 Å². The van der Waals surface area contributed by atoms with Crippen molar-refractivity contribution in [3.05, 3.63) is 11.3 Å². The lowest BCUT2D eigenvalue weighted by atomic mass is 10.1. The number of aliphatic hydroxyl groups excluding tert-OH is 1. The first-order valence-corrected chi connectivity index (χ1v) is 6.57. The van der Waals surface area contributed by atoms with Gasteiger partial charge in [-0.05, 0) is 26.2 Å². The highest BCUT2D eigenvalue weighted by atomic mass is 16.5. The first-order chi connectivity index (χ1) is 8.63. The Morgan fingerprint density at radius 1 is 1.50 bits per heavy atom. The van der Waals surface area contributed by atoms with E-state index in [1.807, 2.05) is 7.05 Å². The molecule has 2 N–H and O–H groups in total. The molecular weight excluding hydrogens is 230 g/mol. The van der Waals surface area contributed by atoms with Gasteiger partial charge in [0.05, 0.1) is 18.4 Å². The molecule has 0 radical (unpaired) electrons. The lowest BCUT2D eigenvalue weighted by molar-refractivity contribution is 0.276. The van der Waals surface area contributed by atoms with Gasteiger partial charge in [-0.2, -0.15) is 5.10 Å². The number of aliphatic hydroxyl groups is 1. The number of ether oxygens (including phenoxy) is 1. The van der Waals surface area contributed by atoms with Crippen molar-refractivity contribution in [3.63, 3.8) is 0 Å². The number of nitrogens with zero attached hydrogens (tertiary/aromatic N) is 2. The van der Waals surface area contributed by atoms with Gasteiger partial charge < -0.3 is 15.2 Å². The molecule has 0 aliphatic rings. The summed E-state index contributed by atoms with van der Waals surface area (Å²) in [5, 5.41) is 16.7. The van der Waals surface area contributed by atoms with Gasteiger partial charge in [-0.15, -0.1) is 0 Å². The molecule has 1 unspecified atom stereocenters. The van der Waals surface area contributed by atoms with Crippen molar-refractivity contribution < 1.29 is 9.84 Å². The first-order valence-electron chi connectivity index (χ1n) is 6.57. The third kappa shape index (κ3) is 3.71. The largest absolute Gasteiger partial charge is 0.481 e. The number of hydrogen-bond donors (Lipinski definition) is 2. The predicted molar refractivity (Wildman–Crippen MR) is 71.8 cm³/mol. The molecule has 0 amide bonds. The van der Waals surface area contributed by atoms with E-state index in [4.69, 9.17) is 9.84 Å². The lowest BCUT2D eigenvalue weighted by Gasteiger charge is -2.13. The Labute approximate surface area is 109 Å². The second kappa shape index (κ2) is 7.38. The van der Waals surface area contributed by atoms with Crippen LogP contribution in [-0.2, 0) is 20.0 Å². The fourth-order valence-electron chi connectivity index (χ4n) is 2.10. The third-order valence-electron chi connectivity index (χ3n) is 3.12. The molecule has 0 aliphatic carbocycles. The molecule has 0 aliphatic heterocycles. The van der Waals surface area contributed by atoms with Crippen molar-refractivity contribution in [2.24, 2.45) is 7.05 Å². The van der Waals surface area contributed by atoms with Gasteiger partial charge in [-0.3, -0.25) is 0 Å². The van der Waals surface area contributed by atoms with Crippen LogP contribution < -0.4 is 10.1 Å². The van der Waals surface area contributed by atoms with E-state index < -0.39 is 0 Å². The van der Waals surface area contributed by atoms with Crippen LogP contribution in [0.2, 0.25) is 0 Å². The molecule has 1 aromatic rings. The zero-order chi connectivity index (χ0) is 13.5. The Hall–Kier alpha value is -1.07. The van der Waals surface area contributed by atoms with Crippen LogP contribution in [0.15, 0.2) is 0 Å². The third-order valence-corrected chi connectivity index (χ3v) is 3.12. The second-order valence-electron chi connectivity index (χ2n) is 4.56. The first kappa shape index (κ1) is 15.0. The Kier molecular flexibility index (Phi) is 6.15. The average Bonchev–Trinajstić information content (AvgIpc) is 2.69. The molecule has 0 aromatic carbocycles. The fraction of sp³-hybridized carbons (Fsp3) is 0.769. The monoisotopic (exact) mass is 255 g/mol. The molecule has 0 fully saturated rings. The van der Waals surface area contributed by atoms with Crippen molar-refractivity contribution in [2.75, 3.05) is 13.7 Å².